The minimum atomic E-state index is -3.85. The zero-order chi connectivity index (χ0) is 14.0. The van der Waals surface area contributed by atoms with E-state index in [9.17, 15) is 13.2 Å². The van der Waals surface area contributed by atoms with Gasteiger partial charge in [0, 0.05) is 11.1 Å². The third-order valence-corrected chi connectivity index (χ3v) is 4.67. The summed E-state index contributed by atoms with van der Waals surface area (Å²) < 4.78 is 26.1. The lowest BCUT2D eigenvalue weighted by Gasteiger charge is -2.08. The second-order valence-corrected chi connectivity index (χ2v) is 6.82. The summed E-state index contributed by atoms with van der Waals surface area (Å²) in [7, 11) is -3.85. The molecule has 1 amide bonds. The van der Waals surface area contributed by atoms with Crippen LogP contribution >= 0.6 is 23.2 Å². The lowest BCUT2D eigenvalue weighted by molar-refractivity contribution is -0.120. The molecule has 2 rings (SSSR count). The number of halogens is 2. The van der Waals surface area contributed by atoms with Gasteiger partial charge in [-0.2, -0.15) is 0 Å². The van der Waals surface area contributed by atoms with Crippen molar-refractivity contribution in [2.24, 2.45) is 0 Å². The molecule has 104 valence electrons. The molecule has 19 heavy (non-hydrogen) atoms. The highest BCUT2D eigenvalue weighted by Crippen LogP contribution is 2.24. The number of nitrogens with one attached hydrogen (secondary N) is 2. The van der Waals surface area contributed by atoms with Crippen LogP contribution in [0.15, 0.2) is 23.1 Å². The minimum Gasteiger partial charge on any atom is -0.352 e. The van der Waals surface area contributed by atoms with Gasteiger partial charge in [0.2, 0.25) is 15.9 Å². The van der Waals surface area contributed by atoms with E-state index >= 15 is 0 Å². The Morgan fingerprint density at radius 1 is 1.32 bits per heavy atom. The third kappa shape index (κ3) is 4.07. The van der Waals surface area contributed by atoms with Crippen LogP contribution in [0.2, 0.25) is 10.0 Å². The van der Waals surface area contributed by atoms with Crippen LogP contribution in [0.25, 0.3) is 0 Å². The molecule has 0 aromatic heterocycles. The lowest BCUT2D eigenvalue weighted by atomic mass is 10.4. The third-order valence-electron chi connectivity index (χ3n) is 2.55. The zero-order valence-electron chi connectivity index (χ0n) is 9.82. The summed E-state index contributed by atoms with van der Waals surface area (Å²) in [4.78, 5) is 11.3. The van der Waals surface area contributed by atoms with Crippen molar-refractivity contribution in [2.75, 3.05) is 6.54 Å². The Labute approximate surface area is 121 Å². The van der Waals surface area contributed by atoms with Crippen LogP contribution in [0.4, 0.5) is 0 Å². The lowest BCUT2D eigenvalue weighted by Crippen LogP contribution is -2.37. The number of amides is 1. The van der Waals surface area contributed by atoms with E-state index in [1.54, 1.807) is 0 Å². The fraction of sp³-hybridized carbons (Fsp3) is 0.364. The Hall–Kier alpha value is -0.820. The van der Waals surface area contributed by atoms with Crippen molar-refractivity contribution in [3.63, 3.8) is 0 Å². The number of rotatable bonds is 5. The van der Waals surface area contributed by atoms with Crippen molar-refractivity contribution in [1.82, 2.24) is 10.0 Å². The van der Waals surface area contributed by atoms with Gasteiger partial charge in [-0.1, -0.05) is 23.2 Å². The number of benzene rings is 1. The summed E-state index contributed by atoms with van der Waals surface area (Å²) in [5.74, 6) is -0.357. The zero-order valence-corrected chi connectivity index (χ0v) is 12.1. The van der Waals surface area contributed by atoms with Crippen LogP contribution < -0.4 is 10.0 Å². The average molecular weight is 323 g/mol. The van der Waals surface area contributed by atoms with E-state index in [1.807, 2.05) is 0 Å². The topological polar surface area (TPSA) is 75.3 Å². The molecule has 5 nitrogen and oxygen atoms in total. The van der Waals surface area contributed by atoms with Crippen molar-refractivity contribution in [3.05, 3.63) is 28.2 Å². The molecule has 1 fully saturated rings. The minimum absolute atomic E-state index is 0.0551. The molecule has 0 heterocycles. The highest BCUT2D eigenvalue weighted by Gasteiger charge is 2.24. The van der Waals surface area contributed by atoms with E-state index in [0.717, 1.165) is 12.8 Å². The molecule has 0 bridgehead atoms. The number of carbonyl (C=O) groups is 1. The molecular formula is C11H12Cl2N2O3S. The van der Waals surface area contributed by atoms with Crippen LogP contribution in [-0.4, -0.2) is 26.9 Å². The molecule has 0 spiro atoms. The first kappa shape index (κ1) is 14.6. The predicted molar refractivity (Wildman–Crippen MR) is 72.8 cm³/mol. The number of sulfonamides is 1. The van der Waals surface area contributed by atoms with Gasteiger partial charge in [0.1, 0.15) is 4.90 Å². The SMILES string of the molecule is O=C(CNS(=O)(=O)c1cc(Cl)ccc1Cl)NC1CC1. The molecule has 0 aliphatic heterocycles. The molecule has 0 atom stereocenters. The molecule has 8 heteroatoms. The second-order valence-electron chi connectivity index (χ2n) is 4.24. The molecule has 0 unspecified atom stereocenters. The van der Waals surface area contributed by atoms with Gasteiger partial charge in [-0.3, -0.25) is 4.79 Å². The second kappa shape index (κ2) is 5.66. The van der Waals surface area contributed by atoms with Crippen LogP contribution in [0.1, 0.15) is 12.8 Å². The Balaban J connectivity index is 2.04. The van der Waals surface area contributed by atoms with Crippen LogP contribution in [0.3, 0.4) is 0 Å². The predicted octanol–water partition coefficient (Wildman–Crippen LogP) is 1.55. The van der Waals surface area contributed by atoms with E-state index < -0.39 is 10.0 Å². The molecule has 1 aliphatic rings. The Morgan fingerprint density at radius 2 is 2.00 bits per heavy atom. The van der Waals surface area contributed by atoms with Gasteiger partial charge in [-0.15, -0.1) is 0 Å². The number of carbonyl (C=O) groups excluding carboxylic acids is 1. The Kier molecular flexibility index (Phi) is 4.35. The van der Waals surface area contributed by atoms with Crippen molar-refractivity contribution in [1.29, 1.82) is 0 Å². The summed E-state index contributed by atoms with van der Waals surface area (Å²) in [6.07, 6.45) is 1.89. The van der Waals surface area contributed by atoms with Crippen molar-refractivity contribution in [3.8, 4) is 0 Å². The molecule has 1 saturated carbocycles. The first-order valence-electron chi connectivity index (χ1n) is 5.62. The van der Waals surface area contributed by atoms with E-state index in [1.165, 1.54) is 18.2 Å². The number of hydrogen-bond acceptors (Lipinski definition) is 3. The molecule has 1 aromatic carbocycles. The largest absolute Gasteiger partial charge is 0.352 e. The van der Waals surface area contributed by atoms with Gasteiger partial charge in [-0.25, -0.2) is 13.1 Å². The van der Waals surface area contributed by atoms with Gasteiger partial charge >= 0.3 is 0 Å². The van der Waals surface area contributed by atoms with Gasteiger partial charge in [-0.05, 0) is 31.0 Å². The highest BCUT2D eigenvalue weighted by atomic mass is 35.5. The van der Waals surface area contributed by atoms with Crippen molar-refractivity contribution >= 4 is 39.1 Å². The molecule has 1 aromatic rings. The summed E-state index contributed by atoms with van der Waals surface area (Å²) >= 11 is 11.5. The normalized spacial score (nSPS) is 15.3. The Bertz CT molecular complexity index is 600. The van der Waals surface area contributed by atoms with E-state index in [2.05, 4.69) is 10.0 Å². The molecule has 1 aliphatic carbocycles. The van der Waals surface area contributed by atoms with E-state index in [0.29, 0.717) is 0 Å². The summed E-state index contributed by atoms with van der Waals surface area (Å²) in [5.41, 5.74) is 0. The summed E-state index contributed by atoms with van der Waals surface area (Å²) in [6, 6.07) is 4.31. The first-order chi connectivity index (χ1) is 8.88. The smallest absolute Gasteiger partial charge is 0.242 e. The van der Waals surface area contributed by atoms with Crippen LogP contribution in [-0.2, 0) is 14.8 Å². The van der Waals surface area contributed by atoms with Crippen molar-refractivity contribution < 1.29 is 13.2 Å². The first-order valence-corrected chi connectivity index (χ1v) is 7.86. The van der Waals surface area contributed by atoms with Gasteiger partial charge in [0.05, 0.1) is 11.6 Å². The van der Waals surface area contributed by atoms with Crippen LogP contribution in [0, 0.1) is 0 Å². The van der Waals surface area contributed by atoms with E-state index in [4.69, 9.17) is 23.2 Å². The Morgan fingerprint density at radius 3 is 2.63 bits per heavy atom. The summed E-state index contributed by atoms with van der Waals surface area (Å²) in [6.45, 7) is -0.318. The standard InChI is InChI=1S/C11H12Cl2N2O3S/c12-7-1-4-9(13)10(5-7)19(17,18)14-6-11(16)15-8-2-3-8/h1,4-5,8,14H,2-3,6H2,(H,15,16). The fourth-order valence-corrected chi connectivity index (χ4v) is 3.17. The fourth-order valence-electron chi connectivity index (χ4n) is 1.43. The molecule has 0 radical (unpaired) electrons. The maximum Gasteiger partial charge on any atom is 0.242 e. The van der Waals surface area contributed by atoms with Gasteiger partial charge in [0.15, 0.2) is 0 Å². The number of hydrogen-bond donors (Lipinski definition) is 2. The maximum atomic E-state index is 12.0. The summed E-state index contributed by atoms with van der Waals surface area (Å²) in [5, 5.41) is 2.99. The molecular weight excluding hydrogens is 311 g/mol. The average Bonchev–Trinajstić information content (AvgIpc) is 3.14. The van der Waals surface area contributed by atoms with Gasteiger partial charge < -0.3 is 5.32 Å². The quantitative estimate of drug-likeness (QED) is 0.863. The van der Waals surface area contributed by atoms with Crippen molar-refractivity contribution in [2.45, 2.75) is 23.8 Å². The highest BCUT2D eigenvalue weighted by molar-refractivity contribution is 7.89. The van der Waals surface area contributed by atoms with E-state index in [-0.39, 0.29) is 33.4 Å². The molecule has 0 saturated heterocycles. The van der Waals surface area contributed by atoms with Crippen LogP contribution in [0.5, 0.6) is 0 Å². The maximum absolute atomic E-state index is 12.0. The molecule has 2 N–H and O–H groups in total. The van der Waals surface area contributed by atoms with Gasteiger partial charge in [0.25, 0.3) is 0 Å². The monoisotopic (exact) mass is 322 g/mol.